The average molecular weight is 297 g/mol. The van der Waals surface area contributed by atoms with E-state index in [9.17, 15) is 0 Å². The molecule has 0 saturated carbocycles. The van der Waals surface area contributed by atoms with Gasteiger partial charge < -0.3 is 10.2 Å². The Labute approximate surface area is 122 Å². The minimum atomic E-state index is 0.684. The van der Waals surface area contributed by atoms with Gasteiger partial charge in [0.25, 0.3) is 0 Å². The number of hydrogen-bond donors (Lipinski definition) is 1. The van der Waals surface area contributed by atoms with E-state index in [1.165, 1.54) is 4.88 Å². The van der Waals surface area contributed by atoms with E-state index in [2.05, 4.69) is 34.0 Å². The lowest BCUT2D eigenvalue weighted by atomic mass is 10.4. The van der Waals surface area contributed by atoms with Crippen molar-refractivity contribution in [3.63, 3.8) is 0 Å². The Hall–Kier alpha value is -1.33. The van der Waals surface area contributed by atoms with Crippen LogP contribution in [0.4, 0.5) is 10.8 Å². The molecule has 6 heteroatoms. The van der Waals surface area contributed by atoms with Gasteiger partial charge in [-0.2, -0.15) is 0 Å². The Bertz CT molecular complexity index is 525. The van der Waals surface area contributed by atoms with Gasteiger partial charge >= 0.3 is 0 Å². The Kier molecular flexibility index (Phi) is 4.99. The normalized spacial score (nSPS) is 10.5. The van der Waals surface area contributed by atoms with Crippen LogP contribution in [0.25, 0.3) is 0 Å². The van der Waals surface area contributed by atoms with Gasteiger partial charge in [0, 0.05) is 30.4 Å². The van der Waals surface area contributed by atoms with Crippen molar-refractivity contribution >= 4 is 33.8 Å². The molecule has 0 aromatic carbocycles. The Morgan fingerprint density at radius 1 is 1.32 bits per heavy atom. The maximum Gasteiger partial charge on any atom is 0.185 e. The molecule has 0 aliphatic heterocycles. The number of hydrogen-bond acceptors (Lipinski definition) is 5. The SMILES string of the molecule is CCN(CC)c1ncc(CNc2cnccc2Cl)s1. The molecule has 0 atom stereocenters. The molecule has 2 aromatic rings. The number of nitrogens with zero attached hydrogens (tertiary/aromatic N) is 3. The van der Waals surface area contributed by atoms with Crippen LogP contribution in [0.15, 0.2) is 24.7 Å². The summed E-state index contributed by atoms with van der Waals surface area (Å²) in [6.45, 7) is 6.94. The number of aromatic nitrogens is 2. The summed E-state index contributed by atoms with van der Waals surface area (Å²) >= 11 is 7.77. The lowest BCUT2D eigenvalue weighted by molar-refractivity contribution is 0.860. The van der Waals surface area contributed by atoms with Crippen LogP contribution in [0.5, 0.6) is 0 Å². The molecule has 4 nitrogen and oxygen atoms in total. The van der Waals surface area contributed by atoms with Gasteiger partial charge in [-0.15, -0.1) is 11.3 Å². The van der Waals surface area contributed by atoms with E-state index in [4.69, 9.17) is 11.6 Å². The Balaban J connectivity index is 1.99. The zero-order chi connectivity index (χ0) is 13.7. The molecule has 0 spiro atoms. The van der Waals surface area contributed by atoms with Gasteiger partial charge in [0.1, 0.15) is 0 Å². The maximum atomic E-state index is 6.07. The molecule has 2 rings (SSSR count). The monoisotopic (exact) mass is 296 g/mol. The van der Waals surface area contributed by atoms with Gasteiger partial charge in [0.05, 0.1) is 23.5 Å². The van der Waals surface area contributed by atoms with Crippen molar-refractivity contribution in [1.29, 1.82) is 0 Å². The number of nitrogens with one attached hydrogen (secondary N) is 1. The van der Waals surface area contributed by atoms with E-state index in [0.717, 1.165) is 23.9 Å². The minimum absolute atomic E-state index is 0.684. The van der Waals surface area contributed by atoms with Crippen LogP contribution in [0, 0.1) is 0 Å². The highest BCUT2D eigenvalue weighted by molar-refractivity contribution is 7.15. The fourth-order valence-corrected chi connectivity index (χ4v) is 2.86. The van der Waals surface area contributed by atoms with Crippen LogP contribution in [-0.4, -0.2) is 23.1 Å². The zero-order valence-electron chi connectivity index (χ0n) is 11.1. The molecule has 102 valence electrons. The number of pyridine rings is 1. The molecule has 0 aliphatic carbocycles. The third-order valence-electron chi connectivity index (χ3n) is 2.80. The van der Waals surface area contributed by atoms with Crippen molar-refractivity contribution < 1.29 is 0 Å². The van der Waals surface area contributed by atoms with Crippen molar-refractivity contribution in [3.8, 4) is 0 Å². The van der Waals surface area contributed by atoms with E-state index in [0.29, 0.717) is 11.6 Å². The van der Waals surface area contributed by atoms with E-state index >= 15 is 0 Å². The predicted octanol–water partition coefficient (Wildman–Crippen LogP) is 3.65. The molecule has 0 fully saturated rings. The molecule has 0 radical (unpaired) electrons. The summed E-state index contributed by atoms with van der Waals surface area (Å²) in [5, 5.41) is 5.03. The molecule has 0 amide bonds. The van der Waals surface area contributed by atoms with Crippen molar-refractivity contribution in [3.05, 3.63) is 34.6 Å². The summed E-state index contributed by atoms with van der Waals surface area (Å²) in [6.07, 6.45) is 5.32. The molecule has 19 heavy (non-hydrogen) atoms. The zero-order valence-corrected chi connectivity index (χ0v) is 12.6. The molecular formula is C13H17ClN4S. The third kappa shape index (κ3) is 3.58. The highest BCUT2D eigenvalue weighted by Crippen LogP contribution is 2.24. The minimum Gasteiger partial charge on any atom is -0.378 e. The first kappa shape index (κ1) is 14.1. The molecular weight excluding hydrogens is 280 g/mol. The fourth-order valence-electron chi connectivity index (χ4n) is 1.71. The first-order valence-electron chi connectivity index (χ1n) is 6.27. The van der Waals surface area contributed by atoms with E-state index in [1.807, 2.05) is 6.20 Å². The molecule has 0 bridgehead atoms. The quantitative estimate of drug-likeness (QED) is 0.883. The van der Waals surface area contributed by atoms with Crippen molar-refractivity contribution in [2.45, 2.75) is 20.4 Å². The second-order valence-electron chi connectivity index (χ2n) is 3.99. The molecule has 0 unspecified atom stereocenters. The molecule has 2 aromatic heterocycles. The summed E-state index contributed by atoms with van der Waals surface area (Å²) in [7, 11) is 0. The van der Waals surface area contributed by atoms with E-state index < -0.39 is 0 Å². The van der Waals surface area contributed by atoms with Crippen LogP contribution in [0.3, 0.4) is 0 Å². The van der Waals surface area contributed by atoms with Crippen LogP contribution in [0.2, 0.25) is 5.02 Å². The van der Waals surface area contributed by atoms with Gasteiger partial charge in [0.15, 0.2) is 5.13 Å². The van der Waals surface area contributed by atoms with Gasteiger partial charge in [0.2, 0.25) is 0 Å². The average Bonchev–Trinajstić information content (AvgIpc) is 2.88. The van der Waals surface area contributed by atoms with Gasteiger partial charge in [-0.3, -0.25) is 4.98 Å². The number of rotatable bonds is 6. The number of halogens is 1. The van der Waals surface area contributed by atoms with Crippen LogP contribution >= 0.6 is 22.9 Å². The highest BCUT2D eigenvalue weighted by atomic mass is 35.5. The second-order valence-corrected chi connectivity index (χ2v) is 5.49. The summed E-state index contributed by atoms with van der Waals surface area (Å²) in [5.41, 5.74) is 0.849. The molecule has 0 saturated heterocycles. The van der Waals surface area contributed by atoms with Crippen LogP contribution in [-0.2, 0) is 6.54 Å². The van der Waals surface area contributed by atoms with E-state index in [1.54, 1.807) is 29.8 Å². The largest absolute Gasteiger partial charge is 0.378 e. The van der Waals surface area contributed by atoms with Crippen LogP contribution in [0.1, 0.15) is 18.7 Å². The third-order valence-corrected chi connectivity index (χ3v) is 4.18. The molecule has 2 heterocycles. The summed E-state index contributed by atoms with van der Waals surface area (Å²) in [5.74, 6) is 0. The standard InChI is InChI=1S/C13H17ClN4S/c1-3-18(4-2)13-17-8-10(19-13)7-16-12-9-15-6-5-11(12)14/h5-6,8-9,16H,3-4,7H2,1-2H3. The van der Waals surface area contributed by atoms with E-state index in [-0.39, 0.29) is 0 Å². The first-order valence-corrected chi connectivity index (χ1v) is 7.47. The van der Waals surface area contributed by atoms with Crippen molar-refractivity contribution in [1.82, 2.24) is 9.97 Å². The van der Waals surface area contributed by atoms with Crippen LogP contribution < -0.4 is 10.2 Å². The Morgan fingerprint density at radius 3 is 2.79 bits per heavy atom. The molecule has 1 N–H and O–H groups in total. The highest BCUT2D eigenvalue weighted by Gasteiger charge is 2.08. The first-order chi connectivity index (χ1) is 9.24. The summed E-state index contributed by atoms with van der Waals surface area (Å²) in [6, 6.07) is 1.78. The molecule has 0 aliphatic rings. The predicted molar refractivity (Wildman–Crippen MR) is 82.2 cm³/mol. The summed E-state index contributed by atoms with van der Waals surface area (Å²) < 4.78 is 0. The lowest BCUT2D eigenvalue weighted by Crippen LogP contribution is -2.21. The number of thiazole rings is 1. The van der Waals surface area contributed by atoms with Crippen molar-refractivity contribution in [2.24, 2.45) is 0 Å². The maximum absolute atomic E-state index is 6.07. The van der Waals surface area contributed by atoms with Gasteiger partial charge in [-0.05, 0) is 19.9 Å². The number of anilines is 2. The Morgan fingerprint density at radius 2 is 2.11 bits per heavy atom. The van der Waals surface area contributed by atoms with Gasteiger partial charge in [-0.25, -0.2) is 4.98 Å². The van der Waals surface area contributed by atoms with Crippen molar-refractivity contribution in [2.75, 3.05) is 23.3 Å². The summed E-state index contributed by atoms with van der Waals surface area (Å²) in [4.78, 5) is 11.9. The smallest absolute Gasteiger partial charge is 0.185 e. The fraction of sp³-hybridized carbons (Fsp3) is 0.385. The van der Waals surface area contributed by atoms with Gasteiger partial charge in [-0.1, -0.05) is 11.6 Å². The topological polar surface area (TPSA) is 41.1 Å². The second kappa shape index (κ2) is 6.73. The lowest BCUT2D eigenvalue weighted by Gasteiger charge is -2.16.